The topological polar surface area (TPSA) is 32.9 Å². The molecule has 0 bridgehead atoms. The zero-order chi connectivity index (χ0) is 11.9. The highest BCUT2D eigenvalue weighted by Gasteiger charge is 1.86. The largest absolute Gasteiger partial charge is 0.361 e. The van der Waals surface area contributed by atoms with Gasteiger partial charge in [-0.05, 0) is 17.5 Å². The molecule has 0 amide bonds. The number of para-hydroxylation sites is 1. The molecule has 2 heteroatoms. The van der Waals surface area contributed by atoms with Gasteiger partial charge in [-0.2, -0.15) is 0 Å². The maximum absolute atomic E-state index is 10.0. The fourth-order valence-electron chi connectivity index (χ4n) is 1.53. The highest BCUT2D eigenvalue weighted by molar-refractivity contribution is 5.78. The van der Waals surface area contributed by atoms with Crippen molar-refractivity contribution in [2.24, 2.45) is 0 Å². The van der Waals surface area contributed by atoms with Gasteiger partial charge in [0.05, 0.1) is 0 Å². The van der Waals surface area contributed by atoms with E-state index in [1.807, 2.05) is 36.5 Å². The Kier molecular flexibility index (Phi) is 3.71. The molecule has 3 rings (SSSR count). The highest BCUT2D eigenvalue weighted by Crippen LogP contribution is 2.09. The third-order valence-electron chi connectivity index (χ3n) is 2.40. The van der Waals surface area contributed by atoms with Crippen LogP contribution in [0.1, 0.15) is 10.4 Å². The SMILES string of the molecule is O=Cc1ccccc1.c1ccc2[nH]ccc2c1. The van der Waals surface area contributed by atoms with Crippen molar-refractivity contribution in [3.05, 3.63) is 72.4 Å². The van der Waals surface area contributed by atoms with E-state index in [9.17, 15) is 4.79 Å². The second-order valence-electron chi connectivity index (χ2n) is 3.59. The molecule has 0 aliphatic carbocycles. The Bertz CT molecular complexity index is 554. The Hall–Kier alpha value is -2.35. The van der Waals surface area contributed by atoms with Crippen molar-refractivity contribution in [2.45, 2.75) is 0 Å². The standard InChI is InChI=1S/C8H7N.C7H6O/c1-2-4-8-7(3-1)5-6-9-8;8-6-7-4-2-1-3-5-7/h1-6,9H;1-6H. The van der Waals surface area contributed by atoms with E-state index in [2.05, 4.69) is 23.2 Å². The molecule has 2 aromatic carbocycles. The minimum absolute atomic E-state index is 0.729. The van der Waals surface area contributed by atoms with Crippen LogP contribution < -0.4 is 0 Å². The molecule has 0 spiro atoms. The molecule has 0 saturated carbocycles. The van der Waals surface area contributed by atoms with E-state index in [1.54, 1.807) is 12.1 Å². The third kappa shape index (κ3) is 3.05. The fraction of sp³-hybridized carbons (Fsp3) is 0. The quantitative estimate of drug-likeness (QED) is 0.627. The number of nitrogens with one attached hydrogen (secondary N) is 1. The second-order valence-corrected chi connectivity index (χ2v) is 3.59. The number of carbonyl (C=O) groups is 1. The van der Waals surface area contributed by atoms with Crippen molar-refractivity contribution in [2.75, 3.05) is 0 Å². The van der Waals surface area contributed by atoms with E-state index < -0.39 is 0 Å². The molecule has 0 atom stereocenters. The maximum atomic E-state index is 10.0. The Morgan fingerprint density at radius 2 is 1.53 bits per heavy atom. The molecule has 0 unspecified atom stereocenters. The number of aromatic amines is 1. The van der Waals surface area contributed by atoms with Crippen molar-refractivity contribution in [3.63, 3.8) is 0 Å². The summed E-state index contributed by atoms with van der Waals surface area (Å²) in [7, 11) is 0. The van der Waals surface area contributed by atoms with Crippen LogP contribution >= 0.6 is 0 Å². The summed E-state index contributed by atoms with van der Waals surface area (Å²) >= 11 is 0. The maximum Gasteiger partial charge on any atom is 0.150 e. The number of benzene rings is 2. The van der Waals surface area contributed by atoms with E-state index >= 15 is 0 Å². The summed E-state index contributed by atoms with van der Waals surface area (Å²) in [4.78, 5) is 13.1. The number of fused-ring (bicyclic) bond motifs is 1. The normalized spacial score (nSPS) is 9.41. The number of carbonyl (C=O) groups excluding carboxylic acids is 1. The van der Waals surface area contributed by atoms with Crippen molar-refractivity contribution in [3.8, 4) is 0 Å². The number of aldehydes is 1. The fourth-order valence-corrected chi connectivity index (χ4v) is 1.53. The molecular formula is C15H13NO. The first-order valence-electron chi connectivity index (χ1n) is 5.42. The first-order chi connectivity index (χ1) is 8.40. The van der Waals surface area contributed by atoms with Gasteiger partial charge < -0.3 is 4.98 Å². The first-order valence-corrected chi connectivity index (χ1v) is 5.42. The Balaban J connectivity index is 0.000000128. The Labute approximate surface area is 99.9 Å². The van der Waals surface area contributed by atoms with E-state index in [-0.39, 0.29) is 0 Å². The van der Waals surface area contributed by atoms with Crippen molar-refractivity contribution in [1.29, 1.82) is 0 Å². The van der Waals surface area contributed by atoms with Gasteiger partial charge in [-0.1, -0.05) is 48.5 Å². The Morgan fingerprint density at radius 3 is 2.18 bits per heavy atom. The molecule has 1 aromatic heterocycles. The summed E-state index contributed by atoms with van der Waals surface area (Å²) in [6, 6.07) is 19.4. The van der Waals surface area contributed by atoms with Gasteiger partial charge in [-0.15, -0.1) is 0 Å². The monoisotopic (exact) mass is 223 g/mol. The zero-order valence-corrected chi connectivity index (χ0v) is 9.34. The van der Waals surface area contributed by atoms with E-state index in [0.717, 1.165) is 11.8 Å². The summed E-state index contributed by atoms with van der Waals surface area (Å²) < 4.78 is 0. The Morgan fingerprint density at radius 1 is 0.824 bits per heavy atom. The van der Waals surface area contributed by atoms with E-state index in [1.165, 1.54) is 10.9 Å². The smallest absolute Gasteiger partial charge is 0.150 e. The van der Waals surface area contributed by atoms with Crippen LogP contribution in [0.15, 0.2) is 66.9 Å². The summed E-state index contributed by atoms with van der Waals surface area (Å²) in [5, 5.41) is 1.28. The molecule has 2 nitrogen and oxygen atoms in total. The van der Waals surface area contributed by atoms with Gasteiger partial charge in [0, 0.05) is 17.3 Å². The van der Waals surface area contributed by atoms with Crippen molar-refractivity contribution < 1.29 is 4.79 Å². The minimum Gasteiger partial charge on any atom is -0.361 e. The molecule has 0 fully saturated rings. The van der Waals surface area contributed by atoms with Crippen LogP contribution in [-0.2, 0) is 0 Å². The van der Waals surface area contributed by atoms with Gasteiger partial charge in [-0.3, -0.25) is 4.79 Å². The van der Waals surface area contributed by atoms with Crippen LogP contribution in [-0.4, -0.2) is 11.3 Å². The highest BCUT2D eigenvalue weighted by atomic mass is 16.1. The average molecular weight is 223 g/mol. The third-order valence-corrected chi connectivity index (χ3v) is 2.40. The predicted molar refractivity (Wildman–Crippen MR) is 70.1 cm³/mol. The lowest BCUT2D eigenvalue weighted by molar-refractivity contribution is 0.112. The van der Waals surface area contributed by atoms with Gasteiger partial charge >= 0.3 is 0 Å². The van der Waals surface area contributed by atoms with E-state index in [4.69, 9.17) is 0 Å². The van der Waals surface area contributed by atoms with Crippen LogP contribution in [0.2, 0.25) is 0 Å². The average Bonchev–Trinajstić information content (AvgIpc) is 2.89. The van der Waals surface area contributed by atoms with Crippen LogP contribution in [0.4, 0.5) is 0 Å². The molecule has 1 heterocycles. The molecule has 3 aromatic rings. The number of rotatable bonds is 1. The second kappa shape index (κ2) is 5.66. The minimum atomic E-state index is 0.729. The van der Waals surface area contributed by atoms with E-state index in [0.29, 0.717) is 0 Å². The van der Waals surface area contributed by atoms with Crippen molar-refractivity contribution in [1.82, 2.24) is 4.98 Å². The summed E-state index contributed by atoms with van der Waals surface area (Å²) in [6.45, 7) is 0. The molecule has 0 aliphatic rings. The number of H-pyrrole nitrogens is 1. The molecule has 17 heavy (non-hydrogen) atoms. The number of aromatic nitrogens is 1. The lowest BCUT2D eigenvalue weighted by Crippen LogP contribution is -1.73. The van der Waals surface area contributed by atoms with Gasteiger partial charge in [-0.25, -0.2) is 0 Å². The molecule has 1 N–H and O–H groups in total. The predicted octanol–water partition coefficient (Wildman–Crippen LogP) is 3.67. The molecule has 0 radical (unpaired) electrons. The molecule has 0 aliphatic heterocycles. The van der Waals surface area contributed by atoms with Gasteiger partial charge in [0.25, 0.3) is 0 Å². The summed E-state index contributed by atoms with van der Waals surface area (Å²) in [5.41, 5.74) is 1.94. The van der Waals surface area contributed by atoms with Crippen LogP contribution in [0, 0.1) is 0 Å². The summed E-state index contributed by atoms with van der Waals surface area (Å²) in [6.07, 6.45) is 2.78. The zero-order valence-electron chi connectivity index (χ0n) is 9.34. The number of hydrogen-bond donors (Lipinski definition) is 1. The van der Waals surface area contributed by atoms with Crippen LogP contribution in [0.5, 0.6) is 0 Å². The van der Waals surface area contributed by atoms with Crippen molar-refractivity contribution >= 4 is 17.2 Å². The van der Waals surface area contributed by atoms with Crippen LogP contribution in [0.25, 0.3) is 10.9 Å². The molecule has 0 saturated heterocycles. The first kappa shape index (κ1) is 11.1. The van der Waals surface area contributed by atoms with Gasteiger partial charge in [0.1, 0.15) is 6.29 Å². The van der Waals surface area contributed by atoms with Gasteiger partial charge in [0.15, 0.2) is 0 Å². The number of hydrogen-bond acceptors (Lipinski definition) is 1. The lowest BCUT2D eigenvalue weighted by Gasteiger charge is -1.83. The summed E-state index contributed by atoms with van der Waals surface area (Å²) in [5.74, 6) is 0. The van der Waals surface area contributed by atoms with Crippen LogP contribution in [0.3, 0.4) is 0 Å². The molecular weight excluding hydrogens is 210 g/mol. The molecule has 84 valence electrons. The lowest BCUT2D eigenvalue weighted by atomic mass is 10.2. The van der Waals surface area contributed by atoms with Gasteiger partial charge in [0.2, 0.25) is 0 Å².